The van der Waals surface area contributed by atoms with Crippen molar-refractivity contribution in [3.8, 4) is 11.5 Å². The van der Waals surface area contributed by atoms with Crippen molar-refractivity contribution in [2.24, 2.45) is 0 Å². The number of phenols is 1. The number of H-pyrrole nitrogens is 1. The second-order valence-electron chi connectivity index (χ2n) is 14.2. The number of likely N-dealkylation sites (tertiary alicyclic amines) is 1. The van der Waals surface area contributed by atoms with E-state index in [0.717, 1.165) is 19.4 Å². The third kappa shape index (κ3) is 4.47. The molecule has 51 heavy (non-hydrogen) atoms. The molecule has 1 amide bonds. The molecule has 1 spiro atoms. The summed E-state index contributed by atoms with van der Waals surface area (Å²) >= 11 is 0. The first-order valence-corrected chi connectivity index (χ1v) is 16.9. The number of nitrogens with two attached hydrogens (primary N) is 1. The van der Waals surface area contributed by atoms with Crippen molar-refractivity contribution < 1.29 is 43.9 Å². The maximum atomic E-state index is 13.8. The zero-order valence-corrected chi connectivity index (χ0v) is 27.5. The number of aromatic hydroxyl groups is 1. The van der Waals surface area contributed by atoms with E-state index in [1.54, 1.807) is 6.07 Å². The molecule has 0 bridgehead atoms. The van der Waals surface area contributed by atoms with Gasteiger partial charge in [0.2, 0.25) is 17.6 Å². The number of ketones is 1. The van der Waals surface area contributed by atoms with Crippen LogP contribution in [0.2, 0.25) is 0 Å². The maximum absolute atomic E-state index is 13.8. The van der Waals surface area contributed by atoms with Gasteiger partial charge in [0.25, 0.3) is 5.56 Å². The molecule has 2 aromatic carbocycles. The lowest BCUT2D eigenvalue weighted by Gasteiger charge is -2.46. The second kappa shape index (κ2) is 10.9. The number of hydrogen-bond acceptors (Lipinski definition) is 14. The van der Waals surface area contributed by atoms with Crippen LogP contribution in [0.1, 0.15) is 82.6 Å². The quantitative estimate of drug-likeness (QED) is 0.160. The number of aromatic amines is 1. The first kappa shape index (κ1) is 31.9. The van der Waals surface area contributed by atoms with E-state index in [1.807, 2.05) is 11.9 Å². The number of rotatable bonds is 4. The first-order valence-electron chi connectivity index (χ1n) is 16.9. The Labute approximate surface area is 288 Å². The fourth-order valence-corrected chi connectivity index (χ4v) is 8.62. The molecular weight excluding hydrogens is 666 g/mol. The average molecular weight is 702 g/mol. The number of likely N-dealkylation sites (N-methyl/N-ethyl adjacent to an activating group) is 1. The van der Waals surface area contributed by atoms with E-state index in [1.165, 1.54) is 17.0 Å². The molecule has 7 N–H and O–H groups in total. The Morgan fingerprint density at radius 2 is 2.02 bits per heavy atom. The zero-order chi connectivity index (χ0) is 35.6. The van der Waals surface area contributed by atoms with E-state index >= 15 is 0 Å². The number of esters is 1. The summed E-state index contributed by atoms with van der Waals surface area (Å²) < 4.78 is 20.4. The number of amides is 1. The highest BCUT2D eigenvalue weighted by Crippen LogP contribution is 2.57. The van der Waals surface area contributed by atoms with Crippen molar-refractivity contribution in [2.75, 3.05) is 25.9 Å². The fraction of sp³-hybridized carbons (Fsp3) is 0.471. The Bertz CT molecular complexity index is 2270. The Kier molecular flexibility index (Phi) is 6.84. The van der Waals surface area contributed by atoms with Crippen LogP contribution < -0.4 is 21.3 Å². The molecule has 4 aromatic rings. The van der Waals surface area contributed by atoms with Crippen LogP contribution in [-0.2, 0) is 20.8 Å². The van der Waals surface area contributed by atoms with Crippen molar-refractivity contribution in [1.29, 1.82) is 0 Å². The van der Waals surface area contributed by atoms with Gasteiger partial charge in [0, 0.05) is 17.2 Å². The predicted octanol–water partition coefficient (Wildman–Crippen LogP) is 0.691. The number of carbonyl (C=O) groups excluding carboxylic acids is 3. The number of aliphatic hydroxyl groups excluding tert-OH is 1. The van der Waals surface area contributed by atoms with E-state index in [2.05, 4.69) is 20.3 Å². The molecule has 0 unspecified atom stereocenters. The summed E-state index contributed by atoms with van der Waals surface area (Å²) in [5.74, 6) is -3.90. The summed E-state index contributed by atoms with van der Waals surface area (Å²) in [4.78, 5) is 65.9. The molecule has 17 nitrogen and oxygen atoms in total. The normalized spacial score (nSPS) is 30.0. The number of ether oxygens (including phenoxy) is 3. The zero-order valence-electron chi connectivity index (χ0n) is 27.5. The lowest BCUT2D eigenvalue weighted by Crippen LogP contribution is -2.67. The summed E-state index contributed by atoms with van der Waals surface area (Å²) in [6.45, 7) is 0.103. The number of benzene rings is 2. The van der Waals surface area contributed by atoms with Crippen LogP contribution in [0.25, 0.3) is 21.9 Å². The molecular formula is C34H35N7O10. The van der Waals surface area contributed by atoms with Crippen LogP contribution >= 0.6 is 0 Å². The van der Waals surface area contributed by atoms with Gasteiger partial charge in [-0.2, -0.15) is 4.98 Å². The van der Waals surface area contributed by atoms with E-state index in [-0.39, 0.29) is 87.9 Å². The second-order valence-corrected chi connectivity index (χ2v) is 14.2. The molecule has 4 aliphatic heterocycles. The number of nitrogens with one attached hydrogen (secondary N) is 2. The number of aromatic nitrogens is 4. The van der Waals surface area contributed by atoms with Gasteiger partial charge in [-0.3, -0.25) is 24.3 Å². The molecule has 6 atom stereocenters. The molecule has 2 fully saturated rings. The van der Waals surface area contributed by atoms with Gasteiger partial charge in [-0.25, -0.2) is 9.78 Å². The minimum Gasteiger partial charge on any atom is -0.507 e. The third-order valence-corrected chi connectivity index (χ3v) is 11.3. The number of hydrogen-bond donors (Lipinski definition) is 6. The van der Waals surface area contributed by atoms with Gasteiger partial charge in [-0.05, 0) is 50.6 Å². The topological polar surface area (TPSA) is 244 Å². The number of piperidine rings is 1. The van der Waals surface area contributed by atoms with Gasteiger partial charge in [-0.15, -0.1) is 0 Å². The number of Topliss-reactive ketones (excluding diaryl/α,β-unsaturated/α-hetero) is 1. The van der Waals surface area contributed by atoms with Gasteiger partial charge in [0.15, 0.2) is 22.5 Å². The summed E-state index contributed by atoms with van der Waals surface area (Å²) in [7, 11) is 1.86. The van der Waals surface area contributed by atoms with Crippen molar-refractivity contribution in [3.05, 3.63) is 51.1 Å². The predicted molar refractivity (Wildman–Crippen MR) is 176 cm³/mol. The Hall–Kier alpha value is -5.10. The van der Waals surface area contributed by atoms with Gasteiger partial charge >= 0.3 is 5.97 Å². The lowest BCUT2D eigenvalue weighted by molar-refractivity contribution is -0.261. The van der Waals surface area contributed by atoms with Crippen LogP contribution in [0.3, 0.4) is 0 Å². The minimum atomic E-state index is -2.15. The monoisotopic (exact) mass is 701 g/mol. The number of nitrogens with zero attached hydrogens (tertiary/aromatic N) is 4. The number of anilines is 1. The van der Waals surface area contributed by atoms with Crippen molar-refractivity contribution in [2.45, 2.75) is 80.7 Å². The summed E-state index contributed by atoms with van der Waals surface area (Å²) in [6, 6.07) is 1.43. The van der Waals surface area contributed by atoms with E-state index in [9.17, 15) is 34.5 Å². The molecule has 2 saturated heterocycles. The van der Waals surface area contributed by atoms with E-state index < -0.39 is 59.5 Å². The van der Waals surface area contributed by atoms with Crippen molar-refractivity contribution in [1.82, 2.24) is 29.7 Å². The maximum Gasteiger partial charge on any atom is 0.339 e. The molecule has 17 heteroatoms. The molecule has 1 aliphatic carbocycles. The van der Waals surface area contributed by atoms with Crippen LogP contribution in [-0.4, -0.2) is 101 Å². The lowest BCUT2D eigenvalue weighted by atomic mass is 9.79. The summed E-state index contributed by atoms with van der Waals surface area (Å²) in [5, 5.41) is 38.8. The molecule has 6 heterocycles. The summed E-state index contributed by atoms with van der Waals surface area (Å²) in [5.41, 5.74) is 3.66. The SMILES string of the molecule is CN1CCCC[C@H]1C(=O)N[C@@H]1CO[C@@]2(C[C@H]3OC(=O)c4cc5c(O)c6c(cc5c(c43)O2)[C@@H](O)CCC6=O)[C@]1(O)Cn1cnc2nc(N)[nH]c(=O)c21. The summed E-state index contributed by atoms with van der Waals surface area (Å²) in [6.07, 6.45) is 1.69. The fourth-order valence-electron chi connectivity index (χ4n) is 8.62. The third-order valence-electron chi connectivity index (χ3n) is 11.3. The van der Waals surface area contributed by atoms with E-state index in [0.29, 0.717) is 12.0 Å². The molecule has 9 rings (SSSR count). The van der Waals surface area contributed by atoms with Crippen LogP contribution in [0.5, 0.6) is 11.5 Å². The number of carbonyl (C=O) groups is 3. The van der Waals surface area contributed by atoms with Gasteiger partial charge < -0.3 is 45.1 Å². The highest BCUT2D eigenvalue weighted by atomic mass is 16.7. The van der Waals surface area contributed by atoms with Crippen LogP contribution in [0.15, 0.2) is 23.3 Å². The number of nitrogen functional groups attached to an aromatic ring is 1. The highest BCUT2D eigenvalue weighted by molar-refractivity contribution is 6.11. The molecule has 0 saturated carbocycles. The average Bonchev–Trinajstić information content (AvgIpc) is 3.71. The van der Waals surface area contributed by atoms with Gasteiger partial charge in [0.1, 0.15) is 17.6 Å². The van der Waals surface area contributed by atoms with Crippen LogP contribution in [0, 0.1) is 0 Å². The van der Waals surface area contributed by atoms with E-state index in [4.69, 9.17) is 19.9 Å². The number of imidazole rings is 1. The van der Waals surface area contributed by atoms with Crippen molar-refractivity contribution >= 4 is 45.5 Å². The van der Waals surface area contributed by atoms with Gasteiger partial charge in [0.05, 0.1) is 60.8 Å². The largest absolute Gasteiger partial charge is 0.507 e. The molecule has 2 aromatic heterocycles. The first-order chi connectivity index (χ1) is 24.4. The Morgan fingerprint density at radius 1 is 1.20 bits per heavy atom. The van der Waals surface area contributed by atoms with Crippen molar-refractivity contribution in [3.63, 3.8) is 0 Å². The minimum absolute atomic E-state index is 0.00297. The van der Waals surface area contributed by atoms with Gasteiger partial charge in [-0.1, -0.05) is 6.42 Å². The standard InChI is InChI=1S/C34H35N7O10/c1-40-7-3-2-4-18(40)29(45)37-22-11-49-34(33(22,48)12-41-13-36-28-25(41)30(46)39-32(35)38-28)10-21-24-17(31(47)50-21)8-14-15(27(24)51-34)9-16-19(42)5-6-20(43)23(16)26(14)44/h8-9,13,18-19,21-22,42,44,48H,2-7,10-12H2,1H3,(H,37,45)(H3,35,38,39,46)/t18-,19-,21+,22+,33-,34+/m0/s1. The number of phenolic OH excluding ortho intramolecular Hbond substituents is 1. The highest BCUT2D eigenvalue weighted by Gasteiger charge is 2.68. The number of fused-ring (bicyclic) bond motifs is 4. The molecule has 5 aliphatic rings. The molecule has 0 radical (unpaired) electrons. The molecule has 266 valence electrons. The Balaban J connectivity index is 1.21. The Morgan fingerprint density at radius 3 is 2.82 bits per heavy atom. The smallest absolute Gasteiger partial charge is 0.339 e. The number of aliphatic hydroxyl groups is 2. The van der Waals surface area contributed by atoms with Crippen LogP contribution in [0.4, 0.5) is 5.95 Å².